The molecule has 1 heterocycles. The van der Waals surface area contributed by atoms with Crippen LogP contribution in [0.25, 0.3) is 0 Å². The van der Waals surface area contributed by atoms with Crippen molar-refractivity contribution in [2.45, 2.75) is 38.9 Å². The minimum Gasteiger partial charge on any atom is -0.387 e. The van der Waals surface area contributed by atoms with Crippen LogP contribution in [0, 0.1) is 0 Å². The molecule has 19 heavy (non-hydrogen) atoms. The number of hydrogen-bond acceptors (Lipinski definition) is 5. The number of hydrogen-bond donors (Lipinski definition) is 0. The fourth-order valence-corrected chi connectivity index (χ4v) is 1.56. The zero-order valence-corrected chi connectivity index (χ0v) is 11.3. The van der Waals surface area contributed by atoms with Crippen LogP contribution in [0.2, 0.25) is 0 Å². The predicted octanol–water partition coefficient (Wildman–Crippen LogP) is 2.78. The molecule has 5 nitrogen and oxygen atoms in total. The van der Waals surface area contributed by atoms with E-state index in [1.165, 1.54) is 0 Å². The summed E-state index contributed by atoms with van der Waals surface area (Å²) in [5.41, 5.74) is 0.665. The number of carbonyl (C=O) groups is 1. The van der Waals surface area contributed by atoms with Gasteiger partial charge in [0.25, 0.3) is 0 Å². The summed E-state index contributed by atoms with van der Waals surface area (Å²) >= 11 is 0. The predicted molar refractivity (Wildman–Crippen MR) is 69.3 cm³/mol. The zero-order valence-electron chi connectivity index (χ0n) is 11.3. The third-order valence-electron chi connectivity index (χ3n) is 2.44. The number of rotatable bonds is 3. The summed E-state index contributed by atoms with van der Waals surface area (Å²) in [7, 11) is 0. The average Bonchev–Trinajstić information content (AvgIpc) is 2.86. The first kappa shape index (κ1) is 13.5. The van der Waals surface area contributed by atoms with Gasteiger partial charge in [-0.05, 0) is 26.3 Å². The molecule has 1 atom stereocenters. The molecule has 0 amide bonds. The highest BCUT2D eigenvalue weighted by atomic mass is 17.2. The van der Waals surface area contributed by atoms with Gasteiger partial charge in [0.1, 0.15) is 5.60 Å². The lowest BCUT2D eigenvalue weighted by Crippen LogP contribution is -2.25. The average molecular weight is 263 g/mol. The fraction of sp³-hybridized carbons (Fsp3) is 0.429. The Morgan fingerprint density at radius 3 is 2.63 bits per heavy atom. The molecule has 1 unspecified atom stereocenters. The van der Waals surface area contributed by atoms with Crippen molar-refractivity contribution in [3.8, 4) is 0 Å². The van der Waals surface area contributed by atoms with E-state index in [-0.39, 0.29) is 11.8 Å². The highest BCUT2D eigenvalue weighted by Gasteiger charge is 2.29. The van der Waals surface area contributed by atoms with Gasteiger partial charge in [-0.2, -0.15) is 4.89 Å². The van der Waals surface area contributed by atoms with E-state index in [9.17, 15) is 4.79 Å². The quantitative estimate of drug-likeness (QED) is 0.621. The molecule has 102 valence electrons. The van der Waals surface area contributed by atoms with E-state index >= 15 is 0 Å². The molecule has 5 heteroatoms. The Kier molecular flexibility index (Phi) is 3.85. The molecule has 0 saturated heterocycles. The molecule has 1 aromatic rings. The second kappa shape index (κ2) is 5.40. The summed E-state index contributed by atoms with van der Waals surface area (Å²) in [4.78, 5) is 26.6. The molecule has 2 rings (SSSR count). The normalized spacial score (nSPS) is 18.7. The first-order valence-corrected chi connectivity index (χ1v) is 6.13. The van der Waals surface area contributed by atoms with Crippen molar-refractivity contribution in [2.24, 2.45) is 5.16 Å². The molecule has 0 bridgehead atoms. The molecule has 0 radical (unpaired) electrons. The smallest absolute Gasteiger partial charge is 0.387 e. The van der Waals surface area contributed by atoms with Crippen molar-refractivity contribution in [1.82, 2.24) is 0 Å². The molecule has 1 aromatic carbocycles. The van der Waals surface area contributed by atoms with Crippen LogP contribution in [0.15, 0.2) is 35.5 Å². The van der Waals surface area contributed by atoms with E-state index in [4.69, 9.17) is 14.6 Å². The molecular formula is C14H17NO4. The van der Waals surface area contributed by atoms with Gasteiger partial charge in [-0.1, -0.05) is 35.5 Å². The van der Waals surface area contributed by atoms with Gasteiger partial charge in [-0.25, -0.2) is 4.79 Å². The third kappa shape index (κ3) is 3.79. The zero-order chi connectivity index (χ0) is 13.9. The van der Waals surface area contributed by atoms with Crippen LogP contribution < -0.4 is 0 Å². The summed E-state index contributed by atoms with van der Waals surface area (Å²) in [5.74, 6) is -0.603. The van der Waals surface area contributed by atoms with Crippen LogP contribution >= 0.6 is 0 Å². The maximum Gasteiger partial charge on any atom is 0.390 e. The van der Waals surface area contributed by atoms with Crippen molar-refractivity contribution in [3.05, 3.63) is 35.9 Å². The number of carbonyl (C=O) groups excluding carboxylic acids is 1. The summed E-state index contributed by atoms with van der Waals surface area (Å²) < 4.78 is 0. The van der Waals surface area contributed by atoms with Gasteiger partial charge < -0.3 is 4.84 Å². The van der Waals surface area contributed by atoms with Crippen molar-refractivity contribution in [1.29, 1.82) is 0 Å². The minimum atomic E-state index is -0.603. The van der Waals surface area contributed by atoms with Crippen LogP contribution in [0.4, 0.5) is 0 Å². The van der Waals surface area contributed by atoms with Crippen LogP contribution in [-0.4, -0.2) is 17.3 Å². The first-order valence-electron chi connectivity index (χ1n) is 6.13. The van der Waals surface area contributed by atoms with Crippen LogP contribution in [-0.2, 0) is 19.4 Å². The van der Waals surface area contributed by atoms with Gasteiger partial charge >= 0.3 is 5.97 Å². The van der Waals surface area contributed by atoms with E-state index in [1.54, 1.807) is 20.8 Å². The van der Waals surface area contributed by atoms with Gasteiger partial charge in [0.2, 0.25) is 0 Å². The van der Waals surface area contributed by atoms with Gasteiger partial charge in [-0.3, -0.25) is 4.89 Å². The van der Waals surface area contributed by atoms with Crippen molar-refractivity contribution < 1.29 is 19.4 Å². The molecule has 1 aliphatic heterocycles. The number of oxime groups is 1. The van der Waals surface area contributed by atoms with Crippen molar-refractivity contribution >= 4 is 11.7 Å². The van der Waals surface area contributed by atoms with Crippen molar-refractivity contribution in [2.75, 3.05) is 0 Å². The maximum atomic E-state index is 11.7. The highest BCUT2D eigenvalue weighted by molar-refractivity contribution is 6.36. The second-order valence-corrected chi connectivity index (χ2v) is 5.31. The SMILES string of the molecule is CC(C)(C)OOC(=O)C1=NOC(c2ccccc2)C1. The molecule has 0 aliphatic carbocycles. The largest absolute Gasteiger partial charge is 0.390 e. The second-order valence-electron chi connectivity index (χ2n) is 5.31. The van der Waals surface area contributed by atoms with E-state index in [0.717, 1.165) is 5.56 Å². The lowest BCUT2D eigenvalue weighted by atomic mass is 10.1. The van der Waals surface area contributed by atoms with Gasteiger partial charge in [0.05, 0.1) is 0 Å². The van der Waals surface area contributed by atoms with Crippen LogP contribution in [0.1, 0.15) is 38.9 Å². The number of nitrogens with zero attached hydrogens (tertiary/aromatic N) is 1. The molecule has 0 N–H and O–H groups in total. The first-order chi connectivity index (χ1) is 8.96. The number of benzene rings is 1. The van der Waals surface area contributed by atoms with Gasteiger partial charge in [0.15, 0.2) is 11.8 Å². The van der Waals surface area contributed by atoms with E-state index in [0.29, 0.717) is 6.42 Å². The Hall–Kier alpha value is -1.88. The highest BCUT2D eigenvalue weighted by Crippen LogP contribution is 2.27. The Morgan fingerprint density at radius 1 is 1.32 bits per heavy atom. The topological polar surface area (TPSA) is 57.1 Å². The summed E-state index contributed by atoms with van der Waals surface area (Å²) in [6.45, 7) is 5.38. The molecule has 0 saturated carbocycles. The summed E-state index contributed by atoms with van der Waals surface area (Å²) in [5, 5.41) is 3.76. The molecule has 0 spiro atoms. The lowest BCUT2D eigenvalue weighted by molar-refractivity contribution is -0.315. The Morgan fingerprint density at radius 2 is 2.00 bits per heavy atom. The van der Waals surface area contributed by atoms with Crippen molar-refractivity contribution in [3.63, 3.8) is 0 Å². The summed E-state index contributed by atoms with van der Waals surface area (Å²) in [6, 6.07) is 9.61. The van der Waals surface area contributed by atoms with Gasteiger partial charge in [0, 0.05) is 6.42 Å². The Labute approximate surface area is 112 Å². The maximum absolute atomic E-state index is 11.7. The monoisotopic (exact) mass is 263 g/mol. The van der Waals surface area contributed by atoms with Gasteiger partial charge in [-0.15, -0.1) is 0 Å². The molecule has 0 aromatic heterocycles. The van der Waals surface area contributed by atoms with E-state index in [1.807, 2.05) is 30.3 Å². The minimum absolute atomic E-state index is 0.234. The lowest BCUT2D eigenvalue weighted by Gasteiger charge is -2.16. The Balaban J connectivity index is 1.89. The fourth-order valence-electron chi connectivity index (χ4n) is 1.56. The molecule has 0 fully saturated rings. The molecule has 1 aliphatic rings. The van der Waals surface area contributed by atoms with Crippen LogP contribution in [0.3, 0.4) is 0 Å². The summed E-state index contributed by atoms with van der Waals surface area (Å²) in [6.07, 6.45) is 0.148. The Bertz CT molecular complexity index is 476. The van der Waals surface area contributed by atoms with E-state index in [2.05, 4.69) is 5.16 Å². The molecular weight excluding hydrogens is 246 g/mol. The van der Waals surface area contributed by atoms with Crippen LogP contribution in [0.5, 0.6) is 0 Å². The van der Waals surface area contributed by atoms with E-state index < -0.39 is 11.6 Å². The standard InChI is InChI=1S/C14H17NO4/c1-14(2,3)19-18-13(16)11-9-12(17-15-11)10-7-5-4-6-8-10/h4-8,12H,9H2,1-3H3. The third-order valence-corrected chi connectivity index (χ3v) is 2.44.